The van der Waals surface area contributed by atoms with Crippen LogP contribution in [0.1, 0.15) is 56.4 Å². The summed E-state index contributed by atoms with van der Waals surface area (Å²) in [7, 11) is 0. The van der Waals surface area contributed by atoms with Crippen molar-refractivity contribution in [2.45, 2.75) is 57.6 Å². The van der Waals surface area contributed by atoms with Gasteiger partial charge < -0.3 is 10.4 Å². The van der Waals surface area contributed by atoms with Crippen LogP contribution in [0, 0.1) is 5.92 Å². The van der Waals surface area contributed by atoms with E-state index < -0.39 is 0 Å². The maximum Gasteiger partial charge on any atom is 0.101 e. The Bertz CT molecular complexity index is 317. The lowest BCUT2D eigenvalue weighted by Gasteiger charge is -2.24. The molecule has 0 spiro atoms. The summed E-state index contributed by atoms with van der Waals surface area (Å²) in [6, 6.07) is 4.53. The monoisotopic (exact) mass is 267 g/mol. The van der Waals surface area contributed by atoms with Crippen molar-refractivity contribution >= 4 is 11.3 Å². The van der Waals surface area contributed by atoms with Gasteiger partial charge in [-0.05, 0) is 37.1 Å². The molecule has 0 bridgehead atoms. The van der Waals surface area contributed by atoms with Crippen LogP contribution in [0.15, 0.2) is 17.5 Å². The number of hydrogen-bond donors (Lipinski definition) is 2. The summed E-state index contributed by atoms with van der Waals surface area (Å²) < 4.78 is 0. The Hall–Kier alpha value is -0.380. The van der Waals surface area contributed by atoms with Crippen molar-refractivity contribution in [3.05, 3.63) is 22.4 Å². The zero-order valence-electron chi connectivity index (χ0n) is 11.3. The Kier molecular flexibility index (Phi) is 5.67. The summed E-state index contributed by atoms with van der Waals surface area (Å²) in [5.41, 5.74) is 0. The predicted octanol–water partition coefficient (Wildman–Crippen LogP) is 3.73. The molecule has 2 rings (SSSR count). The largest absolute Gasteiger partial charge is 0.386 e. The average molecular weight is 267 g/mol. The van der Waals surface area contributed by atoms with E-state index >= 15 is 0 Å². The molecule has 1 heterocycles. The third-order valence-corrected chi connectivity index (χ3v) is 5.09. The lowest BCUT2D eigenvalue weighted by molar-refractivity contribution is 0.167. The van der Waals surface area contributed by atoms with Crippen LogP contribution in [0.25, 0.3) is 0 Å². The van der Waals surface area contributed by atoms with Crippen LogP contribution in [-0.4, -0.2) is 17.7 Å². The number of aliphatic hydroxyl groups excluding tert-OH is 1. The second-order valence-electron chi connectivity index (χ2n) is 5.48. The standard InChI is InChI=1S/C15H25NOS/c1-12(13-7-4-2-3-5-8-13)16-11-14(17)15-9-6-10-18-15/h6,9-10,12-14,16-17H,2-5,7-8,11H2,1H3/t12-,14?/m0/s1. The van der Waals surface area contributed by atoms with E-state index in [0.717, 1.165) is 10.8 Å². The smallest absolute Gasteiger partial charge is 0.101 e. The van der Waals surface area contributed by atoms with Gasteiger partial charge in [-0.3, -0.25) is 0 Å². The summed E-state index contributed by atoms with van der Waals surface area (Å²) in [5.74, 6) is 0.794. The molecule has 3 heteroatoms. The number of nitrogens with one attached hydrogen (secondary N) is 1. The Morgan fingerprint density at radius 1 is 1.33 bits per heavy atom. The van der Waals surface area contributed by atoms with Gasteiger partial charge in [0.25, 0.3) is 0 Å². The number of rotatable bonds is 5. The molecule has 2 nitrogen and oxygen atoms in total. The number of thiophene rings is 1. The van der Waals surface area contributed by atoms with Gasteiger partial charge in [0.05, 0.1) is 0 Å². The lowest BCUT2D eigenvalue weighted by Crippen LogP contribution is -2.36. The molecule has 2 atom stereocenters. The van der Waals surface area contributed by atoms with Gasteiger partial charge >= 0.3 is 0 Å². The maximum atomic E-state index is 10.1. The molecule has 1 aliphatic carbocycles. The highest BCUT2D eigenvalue weighted by Crippen LogP contribution is 2.26. The first-order valence-corrected chi connectivity index (χ1v) is 8.10. The predicted molar refractivity (Wildman–Crippen MR) is 77.9 cm³/mol. The molecule has 1 saturated carbocycles. The van der Waals surface area contributed by atoms with Crippen LogP contribution in [0.2, 0.25) is 0 Å². The molecule has 1 aromatic rings. The van der Waals surface area contributed by atoms with Gasteiger partial charge in [-0.1, -0.05) is 31.7 Å². The van der Waals surface area contributed by atoms with Gasteiger partial charge in [0.15, 0.2) is 0 Å². The Labute approximate surface area is 114 Å². The van der Waals surface area contributed by atoms with Gasteiger partial charge in [0.2, 0.25) is 0 Å². The molecule has 0 amide bonds. The van der Waals surface area contributed by atoms with Crippen molar-refractivity contribution in [2.24, 2.45) is 5.92 Å². The molecule has 0 aliphatic heterocycles. The van der Waals surface area contributed by atoms with Gasteiger partial charge in [-0.25, -0.2) is 0 Å². The van der Waals surface area contributed by atoms with Crippen LogP contribution >= 0.6 is 11.3 Å². The summed E-state index contributed by atoms with van der Waals surface area (Å²) in [5, 5.41) is 15.6. The van der Waals surface area contributed by atoms with E-state index in [1.165, 1.54) is 38.5 Å². The Balaban J connectivity index is 1.75. The fourth-order valence-electron chi connectivity index (χ4n) is 2.86. The second-order valence-corrected chi connectivity index (χ2v) is 6.46. The fourth-order valence-corrected chi connectivity index (χ4v) is 3.57. The maximum absolute atomic E-state index is 10.1. The minimum absolute atomic E-state index is 0.349. The van der Waals surface area contributed by atoms with Crippen LogP contribution in [0.5, 0.6) is 0 Å². The third-order valence-electron chi connectivity index (χ3n) is 4.11. The number of hydrogen-bond acceptors (Lipinski definition) is 3. The molecule has 0 aromatic carbocycles. The second kappa shape index (κ2) is 7.27. The number of aliphatic hydroxyl groups is 1. The molecule has 0 saturated heterocycles. The molecule has 1 unspecified atom stereocenters. The van der Waals surface area contributed by atoms with Crippen molar-refractivity contribution in [2.75, 3.05) is 6.54 Å². The van der Waals surface area contributed by atoms with Gasteiger partial charge in [0.1, 0.15) is 6.10 Å². The minimum Gasteiger partial charge on any atom is -0.386 e. The van der Waals surface area contributed by atoms with Crippen molar-refractivity contribution < 1.29 is 5.11 Å². The highest BCUT2D eigenvalue weighted by atomic mass is 32.1. The van der Waals surface area contributed by atoms with Crippen LogP contribution in [0.4, 0.5) is 0 Å². The normalized spacial score (nSPS) is 21.4. The van der Waals surface area contributed by atoms with Crippen molar-refractivity contribution in [3.63, 3.8) is 0 Å². The Morgan fingerprint density at radius 2 is 2.06 bits per heavy atom. The zero-order chi connectivity index (χ0) is 12.8. The summed E-state index contributed by atoms with van der Waals surface area (Å²) >= 11 is 1.63. The lowest BCUT2D eigenvalue weighted by atomic mass is 9.93. The first-order valence-electron chi connectivity index (χ1n) is 7.22. The molecule has 1 aliphatic rings. The highest BCUT2D eigenvalue weighted by Gasteiger charge is 2.19. The topological polar surface area (TPSA) is 32.3 Å². The Morgan fingerprint density at radius 3 is 2.67 bits per heavy atom. The minimum atomic E-state index is -0.349. The van der Waals surface area contributed by atoms with E-state index in [4.69, 9.17) is 0 Å². The van der Waals surface area contributed by atoms with E-state index in [1.54, 1.807) is 11.3 Å². The van der Waals surface area contributed by atoms with Crippen LogP contribution < -0.4 is 5.32 Å². The van der Waals surface area contributed by atoms with E-state index in [1.807, 2.05) is 17.5 Å². The molecule has 102 valence electrons. The molecule has 1 fully saturated rings. The van der Waals surface area contributed by atoms with Gasteiger partial charge in [0, 0.05) is 17.5 Å². The van der Waals surface area contributed by atoms with Crippen molar-refractivity contribution in [1.82, 2.24) is 5.32 Å². The van der Waals surface area contributed by atoms with E-state index in [9.17, 15) is 5.11 Å². The molecule has 0 radical (unpaired) electrons. The van der Waals surface area contributed by atoms with E-state index in [-0.39, 0.29) is 6.10 Å². The molecule has 2 N–H and O–H groups in total. The molecular formula is C15H25NOS. The van der Waals surface area contributed by atoms with E-state index in [0.29, 0.717) is 12.6 Å². The average Bonchev–Trinajstić information content (AvgIpc) is 2.78. The first kappa shape index (κ1) is 14.0. The fraction of sp³-hybridized carbons (Fsp3) is 0.733. The van der Waals surface area contributed by atoms with Crippen molar-refractivity contribution in [1.29, 1.82) is 0 Å². The van der Waals surface area contributed by atoms with Gasteiger partial charge in [-0.15, -0.1) is 11.3 Å². The summed E-state index contributed by atoms with van der Waals surface area (Å²) in [4.78, 5) is 1.07. The van der Waals surface area contributed by atoms with Gasteiger partial charge in [-0.2, -0.15) is 0 Å². The SMILES string of the molecule is C[C@H](NCC(O)c1cccs1)C1CCCCCC1. The van der Waals surface area contributed by atoms with E-state index in [2.05, 4.69) is 12.2 Å². The van der Waals surface area contributed by atoms with Crippen LogP contribution in [-0.2, 0) is 0 Å². The summed E-state index contributed by atoms with van der Waals surface area (Å²) in [6.07, 6.45) is 7.92. The van der Waals surface area contributed by atoms with Crippen molar-refractivity contribution in [3.8, 4) is 0 Å². The zero-order valence-corrected chi connectivity index (χ0v) is 12.1. The quantitative estimate of drug-likeness (QED) is 0.797. The molecule has 1 aromatic heterocycles. The highest BCUT2D eigenvalue weighted by molar-refractivity contribution is 7.10. The summed E-state index contributed by atoms with van der Waals surface area (Å²) in [6.45, 7) is 2.95. The van der Waals surface area contributed by atoms with Crippen LogP contribution in [0.3, 0.4) is 0 Å². The third kappa shape index (κ3) is 4.08. The molecule has 18 heavy (non-hydrogen) atoms. The first-order chi connectivity index (χ1) is 8.77. The molecular weight excluding hydrogens is 242 g/mol.